The van der Waals surface area contributed by atoms with Crippen LogP contribution in [0, 0.1) is 0 Å². The SMILES string of the molecule is COc1ccc(NC(=O)Nc2c(-c3ccc(C(C)(C)C)cc3)n[nH]c2C2CC2)cc1. The summed E-state index contributed by atoms with van der Waals surface area (Å²) in [5, 5.41) is 13.6. The largest absolute Gasteiger partial charge is 0.497 e. The highest BCUT2D eigenvalue weighted by Gasteiger charge is 2.31. The first-order valence-electron chi connectivity index (χ1n) is 10.3. The Morgan fingerprint density at radius 3 is 2.27 bits per heavy atom. The quantitative estimate of drug-likeness (QED) is 0.495. The van der Waals surface area contributed by atoms with Gasteiger partial charge in [0.15, 0.2) is 0 Å². The number of urea groups is 1. The van der Waals surface area contributed by atoms with E-state index in [0.29, 0.717) is 11.6 Å². The Kier molecular flexibility index (Phi) is 5.24. The van der Waals surface area contributed by atoms with Gasteiger partial charge in [-0.05, 0) is 48.1 Å². The summed E-state index contributed by atoms with van der Waals surface area (Å²) >= 11 is 0. The van der Waals surface area contributed by atoms with Gasteiger partial charge in [0.25, 0.3) is 0 Å². The molecule has 1 aliphatic carbocycles. The van der Waals surface area contributed by atoms with Gasteiger partial charge >= 0.3 is 6.03 Å². The number of rotatable bonds is 5. The fourth-order valence-electron chi connectivity index (χ4n) is 3.44. The van der Waals surface area contributed by atoms with Crippen LogP contribution in [0.25, 0.3) is 11.3 Å². The predicted octanol–water partition coefficient (Wildman–Crippen LogP) is 5.90. The average molecular weight is 405 g/mol. The molecule has 3 N–H and O–H groups in total. The van der Waals surface area contributed by atoms with Crippen molar-refractivity contribution in [2.45, 2.75) is 44.9 Å². The van der Waals surface area contributed by atoms with Crippen LogP contribution >= 0.6 is 0 Å². The number of H-pyrrole nitrogens is 1. The second kappa shape index (κ2) is 7.86. The molecule has 4 rings (SSSR count). The number of amides is 2. The van der Waals surface area contributed by atoms with Gasteiger partial charge in [-0.1, -0.05) is 45.0 Å². The smallest absolute Gasteiger partial charge is 0.323 e. The predicted molar refractivity (Wildman–Crippen MR) is 120 cm³/mol. The second-order valence-corrected chi connectivity index (χ2v) is 8.77. The molecule has 0 atom stereocenters. The molecule has 1 aliphatic rings. The van der Waals surface area contributed by atoms with E-state index in [1.165, 1.54) is 5.56 Å². The molecule has 6 nitrogen and oxygen atoms in total. The zero-order valence-corrected chi connectivity index (χ0v) is 17.9. The summed E-state index contributed by atoms with van der Waals surface area (Å²) in [6.07, 6.45) is 2.22. The lowest BCUT2D eigenvalue weighted by atomic mass is 9.86. The summed E-state index contributed by atoms with van der Waals surface area (Å²) in [5.41, 5.74) is 5.54. The number of nitrogens with zero attached hydrogens (tertiary/aromatic N) is 1. The minimum atomic E-state index is -0.295. The Morgan fingerprint density at radius 1 is 1.03 bits per heavy atom. The third-order valence-electron chi connectivity index (χ3n) is 5.39. The molecule has 0 bridgehead atoms. The third-order valence-corrected chi connectivity index (χ3v) is 5.39. The molecule has 0 aliphatic heterocycles. The molecule has 3 aromatic rings. The molecular weight excluding hydrogens is 376 g/mol. The van der Waals surface area contributed by atoms with Gasteiger partial charge in [0.05, 0.1) is 18.5 Å². The number of nitrogens with one attached hydrogen (secondary N) is 3. The van der Waals surface area contributed by atoms with E-state index in [9.17, 15) is 4.79 Å². The van der Waals surface area contributed by atoms with E-state index in [4.69, 9.17) is 4.74 Å². The van der Waals surface area contributed by atoms with Gasteiger partial charge in [0.2, 0.25) is 0 Å². The molecule has 1 aromatic heterocycles. The minimum Gasteiger partial charge on any atom is -0.497 e. The summed E-state index contributed by atoms with van der Waals surface area (Å²) in [7, 11) is 1.61. The first-order chi connectivity index (χ1) is 14.3. The van der Waals surface area contributed by atoms with Crippen molar-refractivity contribution in [3.8, 4) is 17.0 Å². The fourth-order valence-corrected chi connectivity index (χ4v) is 3.44. The molecule has 1 saturated carbocycles. The molecule has 30 heavy (non-hydrogen) atoms. The van der Waals surface area contributed by atoms with E-state index in [1.54, 1.807) is 7.11 Å². The highest BCUT2D eigenvalue weighted by atomic mass is 16.5. The van der Waals surface area contributed by atoms with Crippen molar-refractivity contribution in [3.05, 3.63) is 59.8 Å². The molecule has 0 radical (unpaired) electrons. The molecule has 1 fully saturated rings. The monoisotopic (exact) mass is 404 g/mol. The molecular formula is C24H28N4O2. The van der Waals surface area contributed by atoms with Crippen LogP contribution in [0.4, 0.5) is 16.2 Å². The number of ether oxygens (including phenoxy) is 1. The molecule has 0 unspecified atom stereocenters. The zero-order valence-electron chi connectivity index (χ0n) is 17.9. The third kappa shape index (κ3) is 4.32. The fraction of sp³-hybridized carbons (Fsp3) is 0.333. The number of hydrogen-bond acceptors (Lipinski definition) is 3. The van der Waals surface area contributed by atoms with Crippen molar-refractivity contribution in [2.24, 2.45) is 0 Å². The maximum atomic E-state index is 12.7. The summed E-state index contributed by atoms with van der Waals surface area (Å²) in [5.74, 6) is 1.17. The minimum absolute atomic E-state index is 0.0859. The van der Waals surface area contributed by atoms with Crippen LogP contribution < -0.4 is 15.4 Å². The molecule has 6 heteroatoms. The number of carbonyl (C=O) groups is 1. The maximum absolute atomic E-state index is 12.7. The molecule has 0 saturated heterocycles. The van der Waals surface area contributed by atoms with Gasteiger partial charge in [0.1, 0.15) is 11.4 Å². The summed E-state index contributed by atoms with van der Waals surface area (Å²) in [6, 6.07) is 15.3. The second-order valence-electron chi connectivity index (χ2n) is 8.77. The normalized spacial score (nSPS) is 13.7. The van der Waals surface area contributed by atoms with Gasteiger partial charge in [-0.15, -0.1) is 0 Å². The average Bonchev–Trinajstić information content (AvgIpc) is 3.49. The molecule has 156 valence electrons. The number of aromatic amines is 1. The topological polar surface area (TPSA) is 79.0 Å². The first-order valence-corrected chi connectivity index (χ1v) is 10.3. The van der Waals surface area contributed by atoms with Crippen molar-refractivity contribution in [1.82, 2.24) is 10.2 Å². The Hall–Kier alpha value is -3.28. The summed E-state index contributed by atoms with van der Waals surface area (Å²) in [6.45, 7) is 6.58. The van der Waals surface area contributed by atoms with Crippen molar-refractivity contribution >= 4 is 17.4 Å². The number of hydrogen-bond donors (Lipinski definition) is 3. The van der Waals surface area contributed by atoms with Gasteiger partial charge in [0, 0.05) is 17.2 Å². The van der Waals surface area contributed by atoms with Crippen LogP contribution in [-0.2, 0) is 5.41 Å². The zero-order chi connectivity index (χ0) is 21.3. The van der Waals surface area contributed by atoms with Crippen LogP contribution in [-0.4, -0.2) is 23.3 Å². The number of anilines is 2. The van der Waals surface area contributed by atoms with Crippen molar-refractivity contribution in [2.75, 3.05) is 17.7 Å². The molecule has 1 heterocycles. The summed E-state index contributed by atoms with van der Waals surface area (Å²) < 4.78 is 5.16. The van der Waals surface area contributed by atoms with Gasteiger partial charge in [-0.2, -0.15) is 5.10 Å². The van der Waals surface area contributed by atoms with Crippen LogP contribution in [0.5, 0.6) is 5.75 Å². The van der Waals surface area contributed by atoms with Crippen LogP contribution in [0.1, 0.15) is 50.8 Å². The van der Waals surface area contributed by atoms with Crippen LogP contribution in [0.15, 0.2) is 48.5 Å². The van der Waals surface area contributed by atoms with Gasteiger partial charge in [-0.3, -0.25) is 5.10 Å². The Bertz CT molecular complexity index is 1030. The van der Waals surface area contributed by atoms with Gasteiger partial charge < -0.3 is 15.4 Å². The van der Waals surface area contributed by atoms with E-state index in [1.807, 2.05) is 24.3 Å². The van der Waals surface area contributed by atoms with Gasteiger partial charge in [-0.25, -0.2) is 4.79 Å². The number of aromatic nitrogens is 2. The Balaban J connectivity index is 1.57. The van der Waals surface area contributed by atoms with Crippen LogP contribution in [0.2, 0.25) is 0 Å². The van der Waals surface area contributed by atoms with E-state index in [2.05, 4.69) is 65.9 Å². The highest BCUT2D eigenvalue weighted by Crippen LogP contribution is 2.45. The van der Waals surface area contributed by atoms with E-state index >= 15 is 0 Å². The molecule has 2 aromatic carbocycles. The first kappa shape index (κ1) is 20.0. The lowest BCUT2D eigenvalue weighted by Gasteiger charge is -2.19. The van der Waals surface area contributed by atoms with E-state index in [-0.39, 0.29) is 11.4 Å². The Labute approximate surface area is 177 Å². The van der Waals surface area contributed by atoms with E-state index < -0.39 is 0 Å². The lowest BCUT2D eigenvalue weighted by Crippen LogP contribution is -2.20. The molecule has 0 spiro atoms. The summed E-state index contributed by atoms with van der Waals surface area (Å²) in [4.78, 5) is 12.7. The number of benzene rings is 2. The van der Waals surface area contributed by atoms with E-state index in [0.717, 1.165) is 41.2 Å². The highest BCUT2D eigenvalue weighted by molar-refractivity contribution is 6.02. The Morgan fingerprint density at radius 2 is 1.70 bits per heavy atom. The standard InChI is InChI=1S/C24H28N4O2/c1-24(2,3)17-9-7-16(8-10-17)21-22(20(27-28-21)15-5-6-15)26-23(29)25-18-11-13-19(30-4)14-12-18/h7-15H,5-6H2,1-4H3,(H,27,28)(H2,25,26,29). The molecule has 2 amide bonds. The lowest BCUT2D eigenvalue weighted by molar-refractivity contribution is 0.262. The maximum Gasteiger partial charge on any atom is 0.323 e. The number of methoxy groups -OCH3 is 1. The van der Waals surface area contributed by atoms with Crippen molar-refractivity contribution in [1.29, 1.82) is 0 Å². The van der Waals surface area contributed by atoms with Crippen LogP contribution in [0.3, 0.4) is 0 Å². The van der Waals surface area contributed by atoms with Crippen molar-refractivity contribution in [3.63, 3.8) is 0 Å². The van der Waals surface area contributed by atoms with Crippen molar-refractivity contribution < 1.29 is 9.53 Å². The number of carbonyl (C=O) groups excluding carboxylic acids is 1.